The maximum atomic E-state index is 11.9. The van der Waals surface area contributed by atoms with Crippen LogP contribution < -0.4 is 10.6 Å². The Morgan fingerprint density at radius 1 is 1.33 bits per heavy atom. The molecule has 1 aliphatic carbocycles. The Labute approximate surface area is 121 Å². The molecule has 0 aliphatic heterocycles. The number of alkyl halides is 2. The van der Waals surface area contributed by atoms with Gasteiger partial charge in [0, 0.05) is 5.69 Å². The van der Waals surface area contributed by atoms with Gasteiger partial charge in [-0.1, -0.05) is 18.2 Å². The Balaban J connectivity index is 1.91. The first kappa shape index (κ1) is 13.6. The number of hydrogen-bond acceptors (Lipinski definition) is 2. The number of benzene rings is 1. The second-order valence-electron chi connectivity index (χ2n) is 4.49. The summed E-state index contributed by atoms with van der Waals surface area (Å²) < 4.78 is -0.987. The molecule has 96 valence electrons. The van der Waals surface area contributed by atoms with E-state index in [0.29, 0.717) is 6.42 Å². The Morgan fingerprint density at radius 2 is 1.89 bits per heavy atom. The molecular formula is C12H12Cl2N2OS. The van der Waals surface area contributed by atoms with Crippen molar-refractivity contribution < 1.29 is 4.79 Å². The molecule has 1 unspecified atom stereocenters. The molecule has 6 heteroatoms. The van der Waals surface area contributed by atoms with Crippen LogP contribution in [0.4, 0.5) is 5.69 Å². The van der Waals surface area contributed by atoms with Gasteiger partial charge in [-0.15, -0.1) is 23.2 Å². The van der Waals surface area contributed by atoms with Gasteiger partial charge in [-0.05, 0) is 37.7 Å². The molecule has 18 heavy (non-hydrogen) atoms. The summed E-state index contributed by atoms with van der Waals surface area (Å²) >= 11 is 16.9. The van der Waals surface area contributed by atoms with E-state index in [4.69, 9.17) is 35.4 Å². The van der Waals surface area contributed by atoms with Gasteiger partial charge in [0.25, 0.3) is 0 Å². The first-order valence-electron chi connectivity index (χ1n) is 5.40. The zero-order valence-corrected chi connectivity index (χ0v) is 12.0. The summed E-state index contributed by atoms with van der Waals surface area (Å²) in [5.41, 5.74) is 0.0465. The van der Waals surface area contributed by atoms with Gasteiger partial charge < -0.3 is 10.6 Å². The molecule has 1 aliphatic rings. The summed E-state index contributed by atoms with van der Waals surface area (Å²) in [6.07, 6.45) is 0.433. The highest BCUT2D eigenvalue weighted by Crippen LogP contribution is 2.63. The minimum atomic E-state index is -0.987. The van der Waals surface area contributed by atoms with Crippen LogP contribution >= 0.6 is 35.4 Å². The van der Waals surface area contributed by atoms with Crippen molar-refractivity contribution in [2.45, 2.75) is 17.7 Å². The lowest BCUT2D eigenvalue weighted by atomic mass is 10.1. The standard InChI is InChI=1S/C12H12Cl2N2OS/c1-11(7-12(11,13)14)9(17)16-10(18)15-8-5-3-2-4-6-8/h2-6H,7H2,1H3,(H2,15,16,17,18). The van der Waals surface area contributed by atoms with Gasteiger partial charge in [0.1, 0.15) is 4.33 Å². The second-order valence-corrected chi connectivity index (χ2v) is 6.38. The monoisotopic (exact) mass is 302 g/mol. The van der Waals surface area contributed by atoms with Crippen molar-refractivity contribution in [3.05, 3.63) is 30.3 Å². The maximum absolute atomic E-state index is 11.9. The number of amides is 1. The molecule has 2 rings (SSSR count). The Bertz CT molecular complexity index is 492. The van der Waals surface area contributed by atoms with Crippen LogP contribution in [0.1, 0.15) is 13.3 Å². The first-order chi connectivity index (χ1) is 8.35. The van der Waals surface area contributed by atoms with E-state index in [1.54, 1.807) is 6.92 Å². The van der Waals surface area contributed by atoms with E-state index in [2.05, 4.69) is 10.6 Å². The SMILES string of the molecule is CC1(C(=O)NC(=S)Nc2ccccc2)CC1(Cl)Cl. The number of nitrogens with one attached hydrogen (secondary N) is 2. The van der Waals surface area contributed by atoms with E-state index in [1.807, 2.05) is 30.3 Å². The molecule has 0 bridgehead atoms. The molecule has 2 N–H and O–H groups in total. The normalized spacial score (nSPS) is 24.2. The summed E-state index contributed by atoms with van der Waals surface area (Å²) in [6.45, 7) is 1.72. The van der Waals surface area contributed by atoms with Crippen LogP contribution in [0, 0.1) is 5.41 Å². The van der Waals surface area contributed by atoms with Gasteiger partial charge in [-0.25, -0.2) is 0 Å². The van der Waals surface area contributed by atoms with Crippen LogP contribution in [0.5, 0.6) is 0 Å². The maximum Gasteiger partial charge on any atom is 0.235 e. The molecule has 0 heterocycles. The van der Waals surface area contributed by atoms with Crippen molar-refractivity contribution >= 4 is 52.1 Å². The molecular weight excluding hydrogens is 291 g/mol. The Hall–Kier alpha value is -0.840. The average molecular weight is 303 g/mol. The van der Waals surface area contributed by atoms with E-state index in [0.717, 1.165) is 5.69 Å². The highest BCUT2D eigenvalue weighted by molar-refractivity contribution is 7.80. The number of para-hydroxylation sites is 1. The van der Waals surface area contributed by atoms with Gasteiger partial charge in [0.05, 0.1) is 5.41 Å². The fourth-order valence-electron chi connectivity index (χ4n) is 1.57. The van der Waals surface area contributed by atoms with Crippen LogP contribution in [0.15, 0.2) is 30.3 Å². The largest absolute Gasteiger partial charge is 0.332 e. The zero-order valence-electron chi connectivity index (χ0n) is 9.67. The predicted molar refractivity (Wildman–Crippen MR) is 78.0 cm³/mol. The third-order valence-electron chi connectivity index (χ3n) is 3.02. The zero-order chi connectivity index (χ0) is 13.4. The molecule has 1 aromatic rings. The summed E-state index contributed by atoms with van der Waals surface area (Å²) in [7, 11) is 0. The second kappa shape index (κ2) is 4.68. The fraction of sp³-hybridized carbons (Fsp3) is 0.333. The quantitative estimate of drug-likeness (QED) is 0.651. The highest BCUT2D eigenvalue weighted by atomic mass is 35.5. The summed E-state index contributed by atoms with van der Waals surface area (Å²) in [5.74, 6) is -0.263. The molecule has 1 fully saturated rings. The van der Waals surface area contributed by atoms with Crippen molar-refractivity contribution in [2.24, 2.45) is 5.41 Å². The minimum absolute atomic E-state index is 0.239. The van der Waals surface area contributed by atoms with Crippen LogP contribution in [0.3, 0.4) is 0 Å². The number of anilines is 1. The number of carbonyl (C=O) groups excluding carboxylic acids is 1. The number of carbonyl (C=O) groups is 1. The van der Waals surface area contributed by atoms with Crippen molar-refractivity contribution in [3.8, 4) is 0 Å². The molecule has 1 amide bonds. The topological polar surface area (TPSA) is 41.1 Å². The third-order valence-corrected chi connectivity index (χ3v) is 4.32. The molecule has 1 atom stereocenters. The minimum Gasteiger partial charge on any atom is -0.332 e. The fourth-order valence-corrected chi connectivity index (χ4v) is 2.49. The predicted octanol–water partition coefficient (Wildman–Crippen LogP) is 3.08. The van der Waals surface area contributed by atoms with Crippen molar-refractivity contribution in [3.63, 3.8) is 0 Å². The van der Waals surface area contributed by atoms with E-state index < -0.39 is 9.75 Å². The van der Waals surface area contributed by atoms with E-state index in [9.17, 15) is 4.79 Å². The molecule has 0 spiro atoms. The van der Waals surface area contributed by atoms with Crippen molar-refractivity contribution in [2.75, 3.05) is 5.32 Å². The summed E-state index contributed by atoms with van der Waals surface area (Å²) in [6, 6.07) is 9.35. The van der Waals surface area contributed by atoms with Crippen LogP contribution in [-0.4, -0.2) is 15.4 Å². The number of hydrogen-bond donors (Lipinski definition) is 2. The van der Waals surface area contributed by atoms with Gasteiger partial charge in [-0.3, -0.25) is 4.79 Å². The first-order valence-corrected chi connectivity index (χ1v) is 6.57. The van der Waals surface area contributed by atoms with Crippen molar-refractivity contribution in [1.82, 2.24) is 5.32 Å². The smallest absolute Gasteiger partial charge is 0.235 e. The Kier molecular flexibility index (Phi) is 3.54. The molecule has 1 saturated carbocycles. The van der Waals surface area contributed by atoms with E-state index in [1.165, 1.54) is 0 Å². The van der Waals surface area contributed by atoms with Gasteiger partial charge >= 0.3 is 0 Å². The molecule has 0 radical (unpaired) electrons. The lowest BCUT2D eigenvalue weighted by Crippen LogP contribution is -2.40. The summed E-state index contributed by atoms with van der Waals surface area (Å²) in [4.78, 5) is 11.9. The average Bonchev–Trinajstić information content (AvgIpc) is 2.80. The van der Waals surface area contributed by atoms with Gasteiger partial charge in [-0.2, -0.15) is 0 Å². The van der Waals surface area contributed by atoms with E-state index in [-0.39, 0.29) is 11.0 Å². The third kappa shape index (κ3) is 2.60. The van der Waals surface area contributed by atoms with Gasteiger partial charge in [0.2, 0.25) is 5.91 Å². The van der Waals surface area contributed by atoms with Gasteiger partial charge in [0.15, 0.2) is 5.11 Å². The van der Waals surface area contributed by atoms with Crippen LogP contribution in [0.25, 0.3) is 0 Å². The number of rotatable bonds is 2. The van der Waals surface area contributed by atoms with Crippen molar-refractivity contribution in [1.29, 1.82) is 0 Å². The lowest BCUT2D eigenvalue weighted by Gasteiger charge is -2.14. The molecule has 0 aromatic heterocycles. The number of thiocarbonyl (C=S) groups is 1. The molecule has 3 nitrogen and oxygen atoms in total. The van der Waals surface area contributed by atoms with Crippen LogP contribution in [-0.2, 0) is 4.79 Å². The highest BCUT2D eigenvalue weighted by Gasteiger charge is 2.68. The molecule has 1 aromatic carbocycles. The summed E-state index contributed by atoms with van der Waals surface area (Å²) in [5, 5.41) is 5.75. The number of halogens is 2. The Morgan fingerprint density at radius 3 is 2.39 bits per heavy atom. The van der Waals surface area contributed by atoms with E-state index >= 15 is 0 Å². The lowest BCUT2D eigenvalue weighted by molar-refractivity contribution is -0.124. The molecule has 0 saturated heterocycles. The van der Waals surface area contributed by atoms with Crippen LogP contribution in [0.2, 0.25) is 0 Å².